The van der Waals surface area contributed by atoms with Crippen LogP contribution in [0.5, 0.6) is 0 Å². The Bertz CT molecular complexity index is 750. The van der Waals surface area contributed by atoms with E-state index < -0.39 is 5.54 Å². The first kappa shape index (κ1) is 15.3. The third-order valence-corrected chi connectivity index (χ3v) is 4.37. The highest BCUT2D eigenvalue weighted by molar-refractivity contribution is 6.07. The number of imide groups is 1. The molecule has 4 nitrogen and oxygen atoms in total. The third-order valence-electron chi connectivity index (χ3n) is 4.37. The summed E-state index contributed by atoms with van der Waals surface area (Å²) < 4.78 is 0. The van der Waals surface area contributed by atoms with Gasteiger partial charge in [-0.2, -0.15) is 0 Å². The monoisotopic (exact) mass is 308 g/mol. The predicted molar refractivity (Wildman–Crippen MR) is 88.8 cm³/mol. The molecule has 1 fully saturated rings. The molecule has 1 aliphatic heterocycles. The van der Waals surface area contributed by atoms with Crippen LogP contribution < -0.4 is 5.32 Å². The van der Waals surface area contributed by atoms with E-state index in [1.54, 1.807) is 6.92 Å². The lowest BCUT2D eigenvalue weighted by Gasteiger charge is -2.22. The normalized spacial score (nSPS) is 20.7. The number of carbonyl (C=O) groups is 2. The van der Waals surface area contributed by atoms with Gasteiger partial charge in [0.25, 0.3) is 5.91 Å². The Labute approximate surface area is 136 Å². The van der Waals surface area contributed by atoms with E-state index in [4.69, 9.17) is 0 Å². The lowest BCUT2D eigenvalue weighted by atomic mass is 9.91. The molecule has 3 rings (SSSR count). The lowest BCUT2D eigenvalue weighted by molar-refractivity contribution is -0.131. The molecule has 2 aromatic carbocycles. The summed E-state index contributed by atoms with van der Waals surface area (Å²) in [5, 5.41) is 2.83. The quantitative estimate of drug-likeness (QED) is 0.885. The maximum atomic E-state index is 12.8. The molecule has 0 aliphatic carbocycles. The molecule has 0 bridgehead atoms. The molecule has 0 saturated carbocycles. The Morgan fingerprint density at radius 2 is 1.43 bits per heavy atom. The Morgan fingerprint density at radius 3 is 2.00 bits per heavy atom. The second-order valence-electron chi connectivity index (χ2n) is 6.30. The summed E-state index contributed by atoms with van der Waals surface area (Å²) >= 11 is 0. The summed E-state index contributed by atoms with van der Waals surface area (Å²) in [6.07, 6.45) is 0. The van der Waals surface area contributed by atoms with Crippen LogP contribution in [0.3, 0.4) is 0 Å². The summed E-state index contributed by atoms with van der Waals surface area (Å²) in [6.45, 7) is 6.04. The second-order valence-corrected chi connectivity index (χ2v) is 6.30. The fraction of sp³-hybridized carbons (Fsp3) is 0.263. The molecule has 0 unspecified atom stereocenters. The molecule has 1 heterocycles. The average Bonchev–Trinajstić information content (AvgIpc) is 2.74. The summed E-state index contributed by atoms with van der Waals surface area (Å²) in [6, 6.07) is 15.2. The maximum Gasteiger partial charge on any atom is 0.325 e. The molecule has 1 aliphatic rings. The number of carbonyl (C=O) groups excluding carboxylic acids is 2. The maximum absolute atomic E-state index is 12.8. The molecule has 1 N–H and O–H groups in total. The standard InChI is InChI=1S/C19H20N2O2/c1-13-4-8-15(9-5-13)12-21-17(22)19(3,20-18(21)23)16-10-6-14(2)7-11-16/h4-11H,12H2,1-3H3,(H,20,23)/t19-/m1/s1. The van der Waals surface area contributed by atoms with E-state index in [2.05, 4.69) is 5.32 Å². The van der Waals surface area contributed by atoms with Gasteiger partial charge in [-0.05, 0) is 31.9 Å². The number of hydrogen-bond acceptors (Lipinski definition) is 2. The molecule has 4 heteroatoms. The van der Waals surface area contributed by atoms with Crippen molar-refractivity contribution in [2.45, 2.75) is 32.9 Å². The van der Waals surface area contributed by atoms with Crippen LogP contribution in [0.15, 0.2) is 48.5 Å². The topological polar surface area (TPSA) is 49.4 Å². The van der Waals surface area contributed by atoms with Gasteiger partial charge in [0.1, 0.15) is 5.54 Å². The van der Waals surface area contributed by atoms with Crippen LogP contribution in [0, 0.1) is 13.8 Å². The molecule has 2 aromatic rings. The number of nitrogens with zero attached hydrogens (tertiary/aromatic N) is 1. The Balaban J connectivity index is 1.87. The van der Waals surface area contributed by atoms with E-state index in [-0.39, 0.29) is 18.5 Å². The zero-order chi connectivity index (χ0) is 16.6. The zero-order valence-electron chi connectivity index (χ0n) is 13.6. The molecule has 23 heavy (non-hydrogen) atoms. The van der Waals surface area contributed by atoms with Crippen LogP contribution in [0.2, 0.25) is 0 Å². The van der Waals surface area contributed by atoms with Crippen molar-refractivity contribution >= 4 is 11.9 Å². The van der Waals surface area contributed by atoms with Crippen LogP contribution in [-0.4, -0.2) is 16.8 Å². The summed E-state index contributed by atoms with van der Waals surface area (Å²) in [5.74, 6) is -0.216. The van der Waals surface area contributed by atoms with Crippen molar-refractivity contribution in [3.63, 3.8) is 0 Å². The highest BCUT2D eigenvalue weighted by atomic mass is 16.2. The van der Waals surface area contributed by atoms with E-state index >= 15 is 0 Å². The first-order valence-corrected chi connectivity index (χ1v) is 7.67. The van der Waals surface area contributed by atoms with Gasteiger partial charge in [0.2, 0.25) is 0 Å². The number of nitrogens with one attached hydrogen (secondary N) is 1. The molecule has 0 radical (unpaired) electrons. The Hall–Kier alpha value is -2.62. The van der Waals surface area contributed by atoms with Crippen molar-refractivity contribution in [2.75, 3.05) is 0 Å². The van der Waals surface area contributed by atoms with Crippen LogP contribution in [0.25, 0.3) is 0 Å². The molecule has 1 saturated heterocycles. The van der Waals surface area contributed by atoms with E-state index in [1.165, 1.54) is 4.90 Å². The van der Waals surface area contributed by atoms with Gasteiger partial charge in [-0.1, -0.05) is 59.7 Å². The molecular weight excluding hydrogens is 288 g/mol. The minimum atomic E-state index is -1.00. The van der Waals surface area contributed by atoms with Crippen LogP contribution >= 0.6 is 0 Å². The summed E-state index contributed by atoms with van der Waals surface area (Å²) in [4.78, 5) is 26.4. The number of urea groups is 1. The van der Waals surface area contributed by atoms with E-state index in [1.807, 2.05) is 62.4 Å². The Kier molecular flexibility index (Phi) is 3.68. The second kappa shape index (κ2) is 5.54. The minimum Gasteiger partial charge on any atom is -0.319 e. The van der Waals surface area contributed by atoms with Crippen LogP contribution in [0.1, 0.15) is 29.2 Å². The van der Waals surface area contributed by atoms with Crippen molar-refractivity contribution in [3.05, 3.63) is 70.8 Å². The Morgan fingerprint density at radius 1 is 0.913 bits per heavy atom. The highest BCUT2D eigenvalue weighted by Gasteiger charge is 2.48. The third kappa shape index (κ3) is 2.72. The SMILES string of the molecule is Cc1ccc(CN2C(=O)N[C@](C)(c3ccc(C)cc3)C2=O)cc1. The largest absolute Gasteiger partial charge is 0.325 e. The molecular formula is C19H20N2O2. The fourth-order valence-corrected chi connectivity index (χ4v) is 2.80. The molecule has 0 aromatic heterocycles. The first-order valence-electron chi connectivity index (χ1n) is 7.67. The van der Waals surface area contributed by atoms with Gasteiger partial charge < -0.3 is 5.32 Å². The van der Waals surface area contributed by atoms with Crippen molar-refractivity contribution in [1.29, 1.82) is 0 Å². The fourth-order valence-electron chi connectivity index (χ4n) is 2.80. The van der Waals surface area contributed by atoms with Gasteiger partial charge in [0.05, 0.1) is 6.54 Å². The van der Waals surface area contributed by atoms with Gasteiger partial charge in [0.15, 0.2) is 0 Å². The van der Waals surface area contributed by atoms with Gasteiger partial charge in [-0.15, -0.1) is 0 Å². The van der Waals surface area contributed by atoms with Gasteiger partial charge in [-0.25, -0.2) is 4.79 Å². The number of rotatable bonds is 3. The van der Waals surface area contributed by atoms with E-state index in [0.29, 0.717) is 0 Å². The molecule has 1 atom stereocenters. The van der Waals surface area contributed by atoms with Crippen molar-refractivity contribution in [3.8, 4) is 0 Å². The van der Waals surface area contributed by atoms with Gasteiger partial charge in [0, 0.05) is 0 Å². The molecule has 3 amide bonds. The molecule has 118 valence electrons. The average molecular weight is 308 g/mol. The van der Waals surface area contributed by atoms with Crippen LogP contribution in [-0.2, 0) is 16.9 Å². The van der Waals surface area contributed by atoms with E-state index in [9.17, 15) is 9.59 Å². The molecule has 0 spiro atoms. The minimum absolute atomic E-state index is 0.216. The van der Waals surface area contributed by atoms with Crippen molar-refractivity contribution in [2.24, 2.45) is 0 Å². The first-order chi connectivity index (χ1) is 10.9. The van der Waals surface area contributed by atoms with E-state index in [0.717, 1.165) is 22.3 Å². The zero-order valence-corrected chi connectivity index (χ0v) is 13.6. The number of aryl methyl sites for hydroxylation is 2. The van der Waals surface area contributed by atoms with Gasteiger partial charge >= 0.3 is 6.03 Å². The number of hydrogen-bond donors (Lipinski definition) is 1. The number of amides is 3. The van der Waals surface area contributed by atoms with Gasteiger partial charge in [-0.3, -0.25) is 9.69 Å². The van der Waals surface area contributed by atoms with Crippen LogP contribution in [0.4, 0.5) is 4.79 Å². The van der Waals surface area contributed by atoms with Crippen molar-refractivity contribution in [1.82, 2.24) is 10.2 Å². The summed E-state index contributed by atoms with van der Waals surface area (Å²) in [5.41, 5.74) is 3.00. The van der Waals surface area contributed by atoms with Crippen molar-refractivity contribution < 1.29 is 9.59 Å². The lowest BCUT2D eigenvalue weighted by Crippen LogP contribution is -2.40. The smallest absolute Gasteiger partial charge is 0.319 e. The highest BCUT2D eigenvalue weighted by Crippen LogP contribution is 2.30. The summed E-state index contributed by atoms with van der Waals surface area (Å²) in [7, 11) is 0. The number of benzene rings is 2. The predicted octanol–water partition coefficient (Wildman–Crippen LogP) is 3.27.